The third kappa shape index (κ3) is 1.45. The third-order valence-electron chi connectivity index (χ3n) is 3.66. The van der Waals surface area contributed by atoms with E-state index in [1.165, 1.54) is 28.4 Å². The summed E-state index contributed by atoms with van der Waals surface area (Å²) in [5.41, 5.74) is 0.787. The van der Waals surface area contributed by atoms with Crippen LogP contribution in [-0.2, 0) is 14.3 Å². The van der Waals surface area contributed by atoms with Crippen molar-refractivity contribution < 1.29 is 19.4 Å². The van der Waals surface area contributed by atoms with E-state index in [-0.39, 0.29) is 18.4 Å². The Morgan fingerprint density at radius 1 is 1.44 bits per heavy atom. The van der Waals surface area contributed by atoms with Crippen molar-refractivity contribution in [3.63, 3.8) is 0 Å². The van der Waals surface area contributed by atoms with Gasteiger partial charge >= 0.3 is 0 Å². The van der Waals surface area contributed by atoms with Crippen molar-refractivity contribution in [3.8, 4) is 0 Å². The number of hydrogen-bond acceptors (Lipinski definition) is 4. The van der Waals surface area contributed by atoms with Gasteiger partial charge in [-0.25, -0.2) is 0 Å². The van der Waals surface area contributed by atoms with Crippen LogP contribution in [0, 0.1) is 0 Å². The molecule has 0 aromatic rings. The second-order valence-corrected chi connectivity index (χ2v) is 4.81. The summed E-state index contributed by atoms with van der Waals surface area (Å²) in [5, 5.41) is 10.0. The average molecular weight is 250 g/mol. The number of carbonyl (C=O) groups is 2. The molecule has 6 nitrogen and oxygen atoms in total. The normalized spacial score (nSPS) is 34.8. The molecule has 18 heavy (non-hydrogen) atoms. The molecule has 96 valence electrons. The highest BCUT2D eigenvalue weighted by Crippen LogP contribution is 2.35. The minimum atomic E-state index is -0.830. The van der Waals surface area contributed by atoms with Crippen molar-refractivity contribution in [2.75, 3.05) is 13.6 Å². The molecular formula is C12H14N2O4. The van der Waals surface area contributed by atoms with Crippen LogP contribution in [0.1, 0.15) is 6.42 Å². The number of carbonyl (C=O) groups excluding carboxylic acids is 2. The van der Waals surface area contributed by atoms with E-state index in [1.54, 1.807) is 7.05 Å². The molecular weight excluding hydrogens is 236 g/mol. The zero-order chi connectivity index (χ0) is 12.9. The molecule has 2 amide bonds. The number of nitrogens with zero attached hydrogens (tertiary/aromatic N) is 2. The lowest BCUT2D eigenvalue weighted by Crippen LogP contribution is -2.59. The molecule has 1 N–H and O–H groups in total. The highest BCUT2D eigenvalue weighted by molar-refractivity contribution is 5.96. The van der Waals surface area contributed by atoms with Crippen molar-refractivity contribution in [1.82, 2.24) is 9.80 Å². The first kappa shape index (κ1) is 11.3. The van der Waals surface area contributed by atoms with Gasteiger partial charge in [-0.05, 0) is 11.6 Å². The van der Waals surface area contributed by atoms with Crippen LogP contribution in [0.25, 0.3) is 0 Å². The van der Waals surface area contributed by atoms with Crippen molar-refractivity contribution >= 4 is 11.8 Å². The van der Waals surface area contributed by atoms with Gasteiger partial charge in [0.15, 0.2) is 0 Å². The van der Waals surface area contributed by atoms with Crippen LogP contribution in [0.5, 0.6) is 0 Å². The van der Waals surface area contributed by atoms with E-state index in [2.05, 4.69) is 0 Å². The van der Waals surface area contributed by atoms with E-state index in [9.17, 15) is 14.7 Å². The van der Waals surface area contributed by atoms with Crippen molar-refractivity contribution in [3.05, 3.63) is 24.2 Å². The quantitative estimate of drug-likeness (QED) is 0.612. The molecule has 0 unspecified atom stereocenters. The number of piperazine rings is 1. The van der Waals surface area contributed by atoms with E-state index in [0.29, 0.717) is 6.42 Å². The van der Waals surface area contributed by atoms with Crippen LogP contribution in [0.2, 0.25) is 0 Å². The van der Waals surface area contributed by atoms with Crippen LogP contribution in [0.3, 0.4) is 0 Å². The lowest BCUT2D eigenvalue weighted by atomic mass is 10.0. The average Bonchev–Trinajstić information content (AvgIpc) is 2.63. The Bertz CT molecular complexity index is 471. The first-order chi connectivity index (χ1) is 8.59. The van der Waals surface area contributed by atoms with Gasteiger partial charge in [0.05, 0.1) is 31.2 Å². The maximum atomic E-state index is 12.1. The topological polar surface area (TPSA) is 70.1 Å². The molecule has 0 saturated carbocycles. The summed E-state index contributed by atoms with van der Waals surface area (Å²) in [7, 11) is 1.62. The molecule has 0 aromatic carbocycles. The first-order valence-electron chi connectivity index (χ1n) is 5.85. The Hall–Kier alpha value is -1.82. The molecule has 0 bridgehead atoms. The highest BCUT2D eigenvalue weighted by Gasteiger charge is 2.50. The van der Waals surface area contributed by atoms with Crippen LogP contribution in [0.15, 0.2) is 24.2 Å². The van der Waals surface area contributed by atoms with Gasteiger partial charge in [0.25, 0.3) is 0 Å². The molecule has 3 rings (SSSR count). The first-order valence-corrected chi connectivity index (χ1v) is 5.85. The van der Waals surface area contributed by atoms with Crippen molar-refractivity contribution in [2.24, 2.45) is 0 Å². The van der Waals surface area contributed by atoms with E-state index in [4.69, 9.17) is 4.74 Å². The molecule has 3 heterocycles. The van der Waals surface area contributed by atoms with E-state index in [1.807, 2.05) is 0 Å². The van der Waals surface area contributed by atoms with Gasteiger partial charge in [0.1, 0.15) is 6.04 Å². The molecule has 2 fully saturated rings. The van der Waals surface area contributed by atoms with E-state index < -0.39 is 18.2 Å². The second kappa shape index (κ2) is 3.84. The second-order valence-electron chi connectivity index (χ2n) is 4.81. The van der Waals surface area contributed by atoms with Gasteiger partial charge in [0.2, 0.25) is 11.8 Å². The number of rotatable bonds is 0. The Morgan fingerprint density at radius 3 is 3.00 bits per heavy atom. The minimum absolute atomic E-state index is 0.0659. The van der Waals surface area contributed by atoms with Crippen molar-refractivity contribution in [2.45, 2.75) is 24.6 Å². The molecule has 3 aliphatic rings. The highest BCUT2D eigenvalue weighted by atomic mass is 16.5. The number of hydrogen-bond donors (Lipinski definition) is 1. The lowest BCUT2D eigenvalue weighted by Gasteiger charge is -2.37. The maximum absolute atomic E-state index is 12.1. The smallest absolute Gasteiger partial charge is 0.245 e. The van der Waals surface area contributed by atoms with Crippen LogP contribution < -0.4 is 0 Å². The molecule has 0 aromatic heterocycles. The predicted molar refractivity (Wildman–Crippen MR) is 61.0 cm³/mol. The fraction of sp³-hybridized carbons (Fsp3) is 0.500. The minimum Gasteiger partial charge on any atom is -0.473 e. The summed E-state index contributed by atoms with van der Waals surface area (Å²) >= 11 is 0. The SMILES string of the molecule is CN1CC(=O)N2[C@@H](CC3=COC=C[C@H](O)[C@H]32)C1=O. The van der Waals surface area contributed by atoms with Crippen LogP contribution in [0.4, 0.5) is 0 Å². The van der Waals surface area contributed by atoms with Gasteiger partial charge in [-0.2, -0.15) is 0 Å². The number of likely N-dealkylation sites (N-methyl/N-ethyl adjacent to an activating group) is 1. The summed E-state index contributed by atoms with van der Waals surface area (Å²) in [6.45, 7) is 0.0659. The number of ether oxygens (including phenoxy) is 1. The van der Waals surface area contributed by atoms with Crippen LogP contribution in [-0.4, -0.2) is 58.5 Å². The lowest BCUT2D eigenvalue weighted by molar-refractivity contribution is -0.155. The standard InChI is InChI=1S/C12H14N2O4/c1-13-5-10(16)14-8(12(13)17)4-7-6-18-3-2-9(15)11(7)14/h2-3,6,8-9,11,15H,4-5H2,1H3/t8-,9-,11-/m0/s1. The summed E-state index contributed by atoms with van der Waals surface area (Å²) in [6, 6.07) is -0.976. The van der Waals surface area contributed by atoms with Gasteiger partial charge in [0, 0.05) is 13.5 Å². The number of aliphatic hydroxyl groups is 1. The van der Waals surface area contributed by atoms with Gasteiger partial charge in [-0.3, -0.25) is 9.59 Å². The Labute approximate surface area is 104 Å². The van der Waals surface area contributed by atoms with E-state index in [0.717, 1.165) is 5.57 Å². The zero-order valence-electron chi connectivity index (χ0n) is 9.94. The monoisotopic (exact) mass is 250 g/mol. The molecule has 0 aliphatic carbocycles. The Kier molecular flexibility index (Phi) is 2.41. The molecule has 0 radical (unpaired) electrons. The fourth-order valence-corrected chi connectivity index (χ4v) is 2.83. The molecule has 3 atom stereocenters. The summed E-state index contributed by atoms with van der Waals surface area (Å²) < 4.78 is 5.12. The number of amides is 2. The Balaban J connectivity index is 2.00. The van der Waals surface area contributed by atoms with Gasteiger partial charge in [-0.15, -0.1) is 0 Å². The van der Waals surface area contributed by atoms with E-state index >= 15 is 0 Å². The van der Waals surface area contributed by atoms with Crippen LogP contribution >= 0.6 is 0 Å². The summed E-state index contributed by atoms with van der Waals surface area (Å²) in [6.07, 6.45) is 4.01. The summed E-state index contributed by atoms with van der Waals surface area (Å²) in [5.74, 6) is -0.218. The molecule has 3 aliphatic heterocycles. The fourth-order valence-electron chi connectivity index (χ4n) is 2.83. The van der Waals surface area contributed by atoms with Crippen molar-refractivity contribution in [1.29, 1.82) is 0 Å². The Morgan fingerprint density at radius 2 is 2.22 bits per heavy atom. The largest absolute Gasteiger partial charge is 0.473 e. The summed E-state index contributed by atoms with van der Waals surface area (Å²) in [4.78, 5) is 27.1. The van der Waals surface area contributed by atoms with Gasteiger partial charge < -0.3 is 19.6 Å². The molecule has 2 saturated heterocycles. The number of aliphatic hydroxyl groups excluding tert-OH is 1. The van der Waals surface area contributed by atoms with Gasteiger partial charge in [-0.1, -0.05) is 0 Å². The maximum Gasteiger partial charge on any atom is 0.245 e. The molecule has 0 spiro atoms. The molecule has 6 heteroatoms. The number of fused-ring (bicyclic) bond motifs is 3. The third-order valence-corrected chi connectivity index (χ3v) is 3.66. The predicted octanol–water partition coefficient (Wildman–Crippen LogP) is -0.783. The zero-order valence-corrected chi connectivity index (χ0v) is 9.94.